The van der Waals surface area contributed by atoms with E-state index < -0.39 is 0 Å². The van der Waals surface area contributed by atoms with Gasteiger partial charge in [-0.05, 0) is 53.6 Å². The van der Waals surface area contributed by atoms with Crippen molar-refractivity contribution in [2.75, 3.05) is 31.6 Å². The summed E-state index contributed by atoms with van der Waals surface area (Å²) < 4.78 is 1.04. The molecule has 1 unspecified atom stereocenters. The van der Waals surface area contributed by atoms with Crippen molar-refractivity contribution in [3.8, 4) is 0 Å². The number of carbonyl (C=O) groups excluding carboxylic acids is 1. The first-order valence-corrected chi connectivity index (χ1v) is 7.14. The Morgan fingerprint density at radius 1 is 1.50 bits per heavy atom. The van der Waals surface area contributed by atoms with E-state index in [0.717, 1.165) is 28.8 Å². The molecule has 1 amide bonds. The number of nitrogens with zero attached hydrogens (tertiary/aromatic N) is 1. The molecule has 1 aliphatic heterocycles. The molecule has 1 atom stereocenters. The quantitative estimate of drug-likeness (QED) is 0.802. The van der Waals surface area contributed by atoms with Gasteiger partial charge in [-0.2, -0.15) is 0 Å². The van der Waals surface area contributed by atoms with Gasteiger partial charge in [0.05, 0.1) is 12.2 Å². The molecule has 2 N–H and O–H groups in total. The van der Waals surface area contributed by atoms with E-state index in [9.17, 15) is 4.79 Å². The number of nitrogens with one attached hydrogen (secondary N) is 1. The Morgan fingerprint density at radius 2 is 2.28 bits per heavy atom. The smallest absolute Gasteiger partial charge is 0.238 e. The average molecular weight is 360 g/mol. The predicted molar refractivity (Wildman–Crippen MR) is 79.4 cm³/mol. The van der Waals surface area contributed by atoms with E-state index in [4.69, 9.17) is 5.11 Å². The lowest BCUT2D eigenvalue weighted by atomic mass is 10.1. The highest BCUT2D eigenvalue weighted by Gasteiger charge is 2.23. The first-order valence-electron chi connectivity index (χ1n) is 6.06. The van der Waals surface area contributed by atoms with Gasteiger partial charge in [-0.25, -0.2) is 0 Å². The standard InChI is InChI=1S/C13H17IN2O2/c14-11-3-1-2-4-12(11)15-13(18)8-16-6-5-10(7-16)9-17/h1-4,10,17H,5-9H2,(H,15,18). The van der Waals surface area contributed by atoms with Crippen molar-refractivity contribution >= 4 is 34.2 Å². The number of hydrogen-bond donors (Lipinski definition) is 2. The molecule has 0 saturated carbocycles. The number of likely N-dealkylation sites (tertiary alicyclic amines) is 1. The van der Waals surface area contributed by atoms with Gasteiger partial charge in [0.25, 0.3) is 0 Å². The van der Waals surface area contributed by atoms with Crippen LogP contribution in [0.25, 0.3) is 0 Å². The SMILES string of the molecule is O=C(CN1CCC(CO)C1)Nc1ccccc1I. The first-order chi connectivity index (χ1) is 8.69. The van der Waals surface area contributed by atoms with E-state index in [1.165, 1.54) is 0 Å². The molecule has 1 aromatic carbocycles. The number of rotatable bonds is 4. The molecule has 0 bridgehead atoms. The Hall–Kier alpha value is -0.660. The molecule has 98 valence electrons. The van der Waals surface area contributed by atoms with Gasteiger partial charge in [0.2, 0.25) is 5.91 Å². The van der Waals surface area contributed by atoms with Crippen molar-refractivity contribution in [3.05, 3.63) is 27.8 Å². The average Bonchev–Trinajstić information content (AvgIpc) is 2.80. The molecule has 1 heterocycles. The molecule has 1 fully saturated rings. The normalized spacial score (nSPS) is 20.0. The zero-order valence-electron chi connectivity index (χ0n) is 10.1. The lowest BCUT2D eigenvalue weighted by Crippen LogP contribution is -2.32. The second kappa shape index (κ2) is 6.49. The fraction of sp³-hybridized carbons (Fsp3) is 0.462. The van der Waals surface area contributed by atoms with Crippen LogP contribution < -0.4 is 5.32 Å². The number of hydrogen-bond acceptors (Lipinski definition) is 3. The lowest BCUT2D eigenvalue weighted by Gasteiger charge is -2.15. The predicted octanol–water partition coefficient (Wildman–Crippen LogP) is 1.54. The minimum absolute atomic E-state index is 0.0118. The highest BCUT2D eigenvalue weighted by atomic mass is 127. The van der Waals surface area contributed by atoms with Crippen LogP contribution in [0.15, 0.2) is 24.3 Å². The maximum absolute atomic E-state index is 11.9. The Morgan fingerprint density at radius 3 is 2.94 bits per heavy atom. The molecule has 1 aliphatic rings. The topological polar surface area (TPSA) is 52.6 Å². The molecular formula is C13H17IN2O2. The number of carbonyl (C=O) groups is 1. The monoisotopic (exact) mass is 360 g/mol. The number of anilines is 1. The summed E-state index contributed by atoms with van der Waals surface area (Å²) in [7, 11) is 0. The van der Waals surface area contributed by atoms with Crippen LogP contribution in [0, 0.1) is 9.49 Å². The van der Waals surface area contributed by atoms with Crippen molar-refractivity contribution in [1.82, 2.24) is 4.90 Å². The lowest BCUT2D eigenvalue weighted by molar-refractivity contribution is -0.117. The number of aliphatic hydroxyl groups is 1. The van der Waals surface area contributed by atoms with Crippen LogP contribution in [0.1, 0.15) is 6.42 Å². The number of amides is 1. The van der Waals surface area contributed by atoms with E-state index in [2.05, 4.69) is 32.8 Å². The summed E-state index contributed by atoms with van der Waals surface area (Å²) in [6, 6.07) is 7.73. The van der Waals surface area contributed by atoms with Crippen LogP contribution >= 0.6 is 22.6 Å². The van der Waals surface area contributed by atoms with Gasteiger partial charge < -0.3 is 10.4 Å². The molecule has 5 heteroatoms. The van der Waals surface area contributed by atoms with Gasteiger partial charge >= 0.3 is 0 Å². The van der Waals surface area contributed by atoms with Gasteiger partial charge in [0.15, 0.2) is 0 Å². The Kier molecular flexibility index (Phi) is 4.96. The summed E-state index contributed by atoms with van der Waals surface area (Å²) in [6.07, 6.45) is 0.979. The summed E-state index contributed by atoms with van der Waals surface area (Å²) in [5.41, 5.74) is 0.862. The van der Waals surface area contributed by atoms with Gasteiger partial charge in [-0.3, -0.25) is 9.69 Å². The summed E-state index contributed by atoms with van der Waals surface area (Å²) in [4.78, 5) is 14.0. The zero-order chi connectivity index (χ0) is 13.0. The van der Waals surface area contributed by atoms with E-state index >= 15 is 0 Å². The first kappa shape index (κ1) is 13.8. The van der Waals surface area contributed by atoms with Gasteiger partial charge in [-0.1, -0.05) is 12.1 Å². The molecule has 4 nitrogen and oxygen atoms in total. The summed E-state index contributed by atoms with van der Waals surface area (Å²) in [5, 5.41) is 12.0. The van der Waals surface area contributed by atoms with Crippen molar-refractivity contribution < 1.29 is 9.90 Å². The maximum Gasteiger partial charge on any atom is 0.238 e. The molecule has 0 aromatic heterocycles. The van der Waals surface area contributed by atoms with Crippen molar-refractivity contribution in [2.45, 2.75) is 6.42 Å². The molecule has 1 saturated heterocycles. The summed E-state index contributed by atoms with van der Waals surface area (Å²) in [5.74, 6) is 0.340. The van der Waals surface area contributed by atoms with Gasteiger partial charge in [0.1, 0.15) is 0 Å². The third-order valence-electron chi connectivity index (χ3n) is 3.14. The second-order valence-corrected chi connectivity index (χ2v) is 5.76. The number of halogens is 1. The largest absolute Gasteiger partial charge is 0.396 e. The maximum atomic E-state index is 11.9. The number of benzene rings is 1. The van der Waals surface area contributed by atoms with E-state index in [-0.39, 0.29) is 12.5 Å². The van der Waals surface area contributed by atoms with Crippen molar-refractivity contribution in [3.63, 3.8) is 0 Å². The molecule has 0 aliphatic carbocycles. The van der Waals surface area contributed by atoms with Crippen LogP contribution in [0.5, 0.6) is 0 Å². The molecule has 0 radical (unpaired) electrons. The van der Waals surface area contributed by atoms with Crippen LogP contribution in [-0.2, 0) is 4.79 Å². The van der Waals surface area contributed by atoms with Crippen molar-refractivity contribution in [2.24, 2.45) is 5.92 Å². The molecule has 1 aromatic rings. The number of aliphatic hydroxyl groups excluding tert-OH is 1. The number of para-hydroxylation sites is 1. The second-order valence-electron chi connectivity index (χ2n) is 4.60. The zero-order valence-corrected chi connectivity index (χ0v) is 12.3. The van der Waals surface area contributed by atoms with E-state index in [0.29, 0.717) is 12.5 Å². The van der Waals surface area contributed by atoms with Crippen molar-refractivity contribution in [1.29, 1.82) is 0 Å². The fourth-order valence-electron chi connectivity index (χ4n) is 2.16. The molecule has 18 heavy (non-hydrogen) atoms. The Labute approximate surface area is 121 Å². The Bertz CT molecular complexity index is 425. The Balaban J connectivity index is 1.84. The van der Waals surface area contributed by atoms with E-state index in [1.807, 2.05) is 24.3 Å². The third kappa shape index (κ3) is 3.66. The van der Waals surface area contributed by atoms with Crippen LogP contribution in [-0.4, -0.2) is 42.2 Å². The molecule has 2 rings (SSSR count). The highest BCUT2D eigenvalue weighted by Crippen LogP contribution is 2.18. The fourth-order valence-corrected chi connectivity index (χ4v) is 2.68. The van der Waals surface area contributed by atoms with Crippen LogP contribution in [0.3, 0.4) is 0 Å². The molecule has 0 spiro atoms. The van der Waals surface area contributed by atoms with Gasteiger partial charge in [0, 0.05) is 16.7 Å². The summed E-state index contributed by atoms with van der Waals surface area (Å²) in [6.45, 7) is 2.33. The van der Waals surface area contributed by atoms with E-state index in [1.54, 1.807) is 0 Å². The minimum atomic E-state index is 0.0118. The third-order valence-corrected chi connectivity index (χ3v) is 4.08. The van der Waals surface area contributed by atoms with Crippen LogP contribution in [0.4, 0.5) is 5.69 Å². The van der Waals surface area contributed by atoms with Gasteiger partial charge in [-0.15, -0.1) is 0 Å². The minimum Gasteiger partial charge on any atom is -0.396 e. The highest BCUT2D eigenvalue weighted by molar-refractivity contribution is 14.1. The van der Waals surface area contributed by atoms with Crippen LogP contribution in [0.2, 0.25) is 0 Å². The molecular weight excluding hydrogens is 343 g/mol. The summed E-state index contributed by atoms with van der Waals surface area (Å²) >= 11 is 2.21.